The number of nitro groups is 1. The van der Waals surface area contributed by atoms with E-state index >= 15 is 0 Å². The Morgan fingerprint density at radius 1 is 0.844 bits per heavy atom. The third-order valence-corrected chi connectivity index (χ3v) is 4.29. The summed E-state index contributed by atoms with van der Waals surface area (Å²) in [5.74, 6) is -0.485. The van der Waals surface area contributed by atoms with Crippen LogP contribution in [-0.2, 0) is 4.74 Å². The summed E-state index contributed by atoms with van der Waals surface area (Å²) < 4.78 is 10.6. The van der Waals surface area contributed by atoms with Crippen LogP contribution in [0.15, 0.2) is 66.7 Å². The van der Waals surface area contributed by atoms with Gasteiger partial charge in [-0.05, 0) is 54.6 Å². The van der Waals surface area contributed by atoms with E-state index in [1.165, 1.54) is 60.7 Å². The minimum absolute atomic E-state index is 0.147. The Hall–Kier alpha value is -5.02. The number of carbonyl (C=O) groups is 2. The zero-order chi connectivity index (χ0) is 23.1. The number of benzene rings is 3. The van der Waals surface area contributed by atoms with Crippen molar-refractivity contribution in [2.24, 2.45) is 0 Å². The van der Waals surface area contributed by atoms with Gasteiger partial charge in [0, 0.05) is 17.7 Å². The zero-order valence-corrected chi connectivity index (χ0v) is 16.3. The first-order valence-corrected chi connectivity index (χ1v) is 9.08. The van der Waals surface area contributed by atoms with Crippen molar-refractivity contribution in [3.8, 4) is 23.6 Å². The van der Waals surface area contributed by atoms with Crippen molar-refractivity contribution >= 4 is 17.4 Å². The third-order valence-electron chi connectivity index (χ3n) is 4.29. The monoisotopic (exact) mass is 427 g/mol. The third kappa shape index (κ3) is 5.12. The standard InChI is InChI=1S/C23H13N3O6/c24-12-17-5-10-21(11-18(17)13-25)32-20-8-3-16(4-9-20)23(28)31-14-22(27)15-1-6-19(7-2-15)26(29)30/h1-11H,14H2. The minimum atomic E-state index is -0.725. The molecule has 9 nitrogen and oxygen atoms in total. The Morgan fingerprint density at radius 2 is 1.44 bits per heavy atom. The molecule has 0 bridgehead atoms. The number of rotatable bonds is 7. The summed E-state index contributed by atoms with van der Waals surface area (Å²) in [6, 6.07) is 19.2. The van der Waals surface area contributed by atoms with Gasteiger partial charge < -0.3 is 9.47 Å². The van der Waals surface area contributed by atoms with Crippen LogP contribution in [0.1, 0.15) is 31.8 Å². The molecule has 0 radical (unpaired) electrons. The van der Waals surface area contributed by atoms with Crippen molar-refractivity contribution in [3.05, 3.63) is 99.1 Å². The molecule has 0 saturated carbocycles. The first-order valence-electron chi connectivity index (χ1n) is 9.08. The number of nitrogens with zero attached hydrogens (tertiary/aromatic N) is 3. The van der Waals surface area contributed by atoms with E-state index in [0.717, 1.165) is 0 Å². The molecule has 0 aromatic heterocycles. The minimum Gasteiger partial charge on any atom is -0.457 e. The van der Waals surface area contributed by atoms with Gasteiger partial charge in [0.15, 0.2) is 12.4 Å². The fourth-order valence-electron chi connectivity index (χ4n) is 2.64. The van der Waals surface area contributed by atoms with Gasteiger partial charge in [0.1, 0.15) is 23.6 Å². The smallest absolute Gasteiger partial charge is 0.338 e. The number of nitriles is 2. The quantitative estimate of drug-likeness (QED) is 0.236. The second-order valence-corrected chi connectivity index (χ2v) is 6.36. The molecule has 0 heterocycles. The van der Waals surface area contributed by atoms with Crippen LogP contribution in [0.3, 0.4) is 0 Å². The maximum atomic E-state index is 12.2. The van der Waals surface area contributed by atoms with Gasteiger partial charge in [0.25, 0.3) is 5.69 Å². The number of ether oxygens (including phenoxy) is 2. The van der Waals surface area contributed by atoms with Gasteiger partial charge in [-0.3, -0.25) is 14.9 Å². The van der Waals surface area contributed by atoms with Gasteiger partial charge >= 0.3 is 5.97 Å². The van der Waals surface area contributed by atoms with Gasteiger partial charge in [-0.15, -0.1) is 0 Å². The van der Waals surface area contributed by atoms with Crippen LogP contribution in [-0.4, -0.2) is 23.3 Å². The lowest BCUT2D eigenvalue weighted by Crippen LogP contribution is -2.14. The van der Waals surface area contributed by atoms with E-state index < -0.39 is 23.3 Å². The number of hydrogen-bond acceptors (Lipinski definition) is 8. The summed E-state index contributed by atoms with van der Waals surface area (Å²) in [5.41, 5.74) is 0.646. The van der Waals surface area contributed by atoms with Gasteiger partial charge in [-0.25, -0.2) is 4.79 Å². The molecule has 0 aliphatic rings. The molecule has 0 fully saturated rings. The molecule has 0 aliphatic heterocycles. The molecule has 0 saturated heterocycles. The molecule has 9 heteroatoms. The number of hydrogen-bond donors (Lipinski definition) is 0. The average Bonchev–Trinajstić information content (AvgIpc) is 2.82. The van der Waals surface area contributed by atoms with Crippen molar-refractivity contribution in [2.75, 3.05) is 6.61 Å². The van der Waals surface area contributed by atoms with E-state index in [1.807, 2.05) is 12.1 Å². The maximum Gasteiger partial charge on any atom is 0.338 e. The molecule has 32 heavy (non-hydrogen) atoms. The molecule has 3 rings (SSSR count). The largest absolute Gasteiger partial charge is 0.457 e. The summed E-state index contributed by atoms with van der Waals surface area (Å²) in [5, 5.41) is 28.7. The summed E-state index contributed by atoms with van der Waals surface area (Å²) in [6.07, 6.45) is 0. The van der Waals surface area contributed by atoms with E-state index in [-0.39, 0.29) is 27.9 Å². The molecule has 0 atom stereocenters. The Labute approximate surface area is 181 Å². The first kappa shape index (κ1) is 21.7. The molecular weight excluding hydrogens is 414 g/mol. The van der Waals surface area contributed by atoms with Crippen LogP contribution in [0.2, 0.25) is 0 Å². The van der Waals surface area contributed by atoms with E-state index in [1.54, 1.807) is 6.07 Å². The van der Waals surface area contributed by atoms with Crippen molar-refractivity contribution in [3.63, 3.8) is 0 Å². The molecule has 0 spiro atoms. The predicted octanol–water partition coefficient (Wildman–Crippen LogP) is 4.17. The number of esters is 1. The molecule has 156 valence electrons. The number of ketones is 1. The molecule has 0 unspecified atom stereocenters. The first-order chi connectivity index (χ1) is 15.4. The van der Waals surface area contributed by atoms with Crippen LogP contribution in [0.25, 0.3) is 0 Å². The van der Waals surface area contributed by atoms with Crippen LogP contribution in [0, 0.1) is 32.8 Å². The second kappa shape index (κ2) is 9.65. The fourth-order valence-corrected chi connectivity index (χ4v) is 2.64. The predicted molar refractivity (Wildman–Crippen MR) is 110 cm³/mol. The Bertz CT molecular complexity index is 1270. The summed E-state index contributed by atoms with van der Waals surface area (Å²) in [6.45, 7) is -0.517. The summed E-state index contributed by atoms with van der Waals surface area (Å²) in [4.78, 5) is 34.4. The lowest BCUT2D eigenvalue weighted by Gasteiger charge is -2.08. The molecule has 0 amide bonds. The molecule has 0 aliphatic carbocycles. The number of carbonyl (C=O) groups excluding carboxylic acids is 2. The van der Waals surface area contributed by atoms with Crippen molar-refractivity contribution in [2.45, 2.75) is 0 Å². The fraction of sp³-hybridized carbons (Fsp3) is 0.0435. The number of Topliss-reactive ketones (excluding diaryl/α,β-unsaturated/α-hetero) is 1. The highest BCUT2D eigenvalue weighted by Gasteiger charge is 2.14. The van der Waals surface area contributed by atoms with Crippen LogP contribution >= 0.6 is 0 Å². The second-order valence-electron chi connectivity index (χ2n) is 6.36. The molecule has 3 aromatic carbocycles. The highest BCUT2D eigenvalue weighted by Crippen LogP contribution is 2.24. The Morgan fingerprint density at radius 3 is 2.03 bits per heavy atom. The lowest BCUT2D eigenvalue weighted by atomic mass is 10.1. The van der Waals surface area contributed by atoms with Gasteiger partial charge in [-0.1, -0.05) is 0 Å². The van der Waals surface area contributed by atoms with E-state index in [0.29, 0.717) is 11.5 Å². The Kier molecular flexibility index (Phi) is 6.54. The highest BCUT2D eigenvalue weighted by molar-refractivity contribution is 5.99. The van der Waals surface area contributed by atoms with Gasteiger partial charge in [0.2, 0.25) is 0 Å². The summed E-state index contributed by atoms with van der Waals surface area (Å²) >= 11 is 0. The molecule has 0 N–H and O–H groups in total. The van der Waals surface area contributed by atoms with Crippen molar-refractivity contribution in [1.82, 2.24) is 0 Å². The highest BCUT2D eigenvalue weighted by atomic mass is 16.6. The van der Waals surface area contributed by atoms with E-state index in [4.69, 9.17) is 20.0 Å². The van der Waals surface area contributed by atoms with Crippen molar-refractivity contribution < 1.29 is 24.0 Å². The van der Waals surface area contributed by atoms with Crippen molar-refractivity contribution in [1.29, 1.82) is 10.5 Å². The van der Waals surface area contributed by atoms with E-state index in [9.17, 15) is 19.7 Å². The normalized spacial score (nSPS) is 9.81. The summed E-state index contributed by atoms with van der Waals surface area (Å²) in [7, 11) is 0. The van der Waals surface area contributed by atoms with Crippen LogP contribution in [0.4, 0.5) is 5.69 Å². The van der Waals surface area contributed by atoms with E-state index in [2.05, 4.69) is 0 Å². The van der Waals surface area contributed by atoms with Crippen LogP contribution in [0.5, 0.6) is 11.5 Å². The SMILES string of the molecule is N#Cc1ccc(Oc2ccc(C(=O)OCC(=O)c3ccc([N+](=O)[O-])cc3)cc2)cc1C#N. The van der Waals surface area contributed by atoms with Gasteiger partial charge in [-0.2, -0.15) is 10.5 Å². The molecule has 3 aromatic rings. The number of non-ortho nitro benzene ring substituents is 1. The Balaban J connectivity index is 1.59. The average molecular weight is 427 g/mol. The molecular formula is C23H13N3O6. The van der Waals surface area contributed by atoms with Gasteiger partial charge in [0.05, 0.1) is 21.6 Å². The maximum absolute atomic E-state index is 12.2. The van der Waals surface area contributed by atoms with Crippen LogP contribution < -0.4 is 4.74 Å². The number of nitro benzene ring substituents is 1. The topological polar surface area (TPSA) is 143 Å². The lowest BCUT2D eigenvalue weighted by molar-refractivity contribution is -0.384. The zero-order valence-electron chi connectivity index (χ0n) is 16.3.